The third-order valence-electron chi connectivity index (χ3n) is 7.04. The molecule has 1 saturated heterocycles. The molecular weight excluding hydrogens is 634 g/mol. The summed E-state index contributed by atoms with van der Waals surface area (Å²) in [6, 6.07) is 3.15. The van der Waals surface area contributed by atoms with Gasteiger partial charge in [-0.25, -0.2) is 28.3 Å². The summed E-state index contributed by atoms with van der Waals surface area (Å²) < 4.78 is 46.0. The van der Waals surface area contributed by atoms with E-state index >= 15 is 0 Å². The molecule has 0 saturated carbocycles. The standard InChI is InChI=1S/C32H38F2N6O6S/c1-31(2,3)45-29(42)36-17-9-8-13-40(16-17)24-18-12-14-44-26(18)35-15-21(24)37-25(41)23-28(39-30(43)46-32(4,5)6)47-27(38-23)22-19(33)10-7-11-20(22)34/h7,10-11,15,17H,8-9,12-14,16H2,1-6H3,(H,36,42)(H,37,41)(H,39,43)/t17-/m0/s1. The second kappa shape index (κ2) is 13.3. The van der Waals surface area contributed by atoms with Crippen LogP contribution in [0.5, 0.6) is 5.88 Å². The fourth-order valence-electron chi connectivity index (χ4n) is 5.30. The van der Waals surface area contributed by atoms with E-state index in [-0.39, 0.29) is 21.7 Å². The molecule has 1 aromatic carbocycles. The molecule has 1 atom stereocenters. The molecule has 12 nitrogen and oxygen atoms in total. The van der Waals surface area contributed by atoms with E-state index in [0.29, 0.717) is 43.4 Å². The van der Waals surface area contributed by atoms with Crippen molar-refractivity contribution in [2.45, 2.75) is 78.0 Å². The number of rotatable bonds is 6. The summed E-state index contributed by atoms with van der Waals surface area (Å²) in [6.45, 7) is 11.9. The highest BCUT2D eigenvalue weighted by Gasteiger charge is 2.32. The van der Waals surface area contributed by atoms with Gasteiger partial charge in [0.25, 0.3) is 5.91 Å². The van der Waals surface area contributed by atoms with Crippen molar-refractivity contribution < 1.29 is 37.4 Å². The number of nitrogens with zero attached hydrogens (tertiary/aromatic N) is 3. The topological polar surface area (TPSA) is 144 Å². The average Bonchev–Trinajstić information content (AvgIpc) is 3.58. The van der Waals surface area contributed by atoms with Crippen LogP contribution in [-0.4, -0.2) is 65.0 Å². The number of amides is 3. The summed E-state index contributed by atoms with van der Waals surface area (Å²) in [4.78, 5) is 49.9. The number of ether oxygens (including phenoxy) is 3. The molecule has 5 rings (SSSR count). The number of benzene rings is 1. The van der Waals surface area contributed by atoms with E-state index in [1.807, 2.05) is 0 Å². The molecule has 252 valence electrons. The van der Waals surface area contributed by atoms with Crippen molar-refractivity contribution in [1.29, 1.82) is 0 Å². The monoisotopic (exact) mass is 672 g/mol. The Morgan fingerprint density at radius 1 is 1.02 bits per heavy atom. The Kier molecular flexibility index (Phi) is 9.57. The molecule has 15 heteroatoms. The Balaban J connectivity index is 1.46. The number of carbonyl (C=O) groups excluding carboxylic acids is 3. The third kappa shape index (κ3) is 8.25. The fourth-order valence-corrected chi connectivity index (χ4v) is 6.29. The van der Waals surface area contributed by atoms with Gasteiger partial charge in [-0.3, -0.25) is 10.1 Å². The van der Waals surface area contributed by atoms with Crippen LogP contribution in [0.3, 0.4) is 0 Å². The van der Waals surface area contributed by atoms with E-state index < -0.39 is 46.5 Å². The number of pyridine rings is 1. The summed E-state index contributed by atoms with van der Waals surface area (Å²) in [5.41, 5.74) is -0.401. The Labute approximate surface area is 275 Å². The van der Waals surface area contributed by atoms with Gasteiger partial charge >= 0.3 is 12.2 Å². The van der Waals surface area contributed by atoms with Gasteiger partial charge in [0.05, 0.1) is 29.7 Å². The quantitative estimate of drug-likeness (QED) is 0.267. The number of fused-ring (bicyclic) bond motifs is 1. The van der Waals surface area contributed by atoms with Gasteiger partial charge in [-0.1, -0.05) is 17.4 Å². The van der Waals surface area contributed by atoms with E-state index in [1.165, 1.54) is 12.3 Å². The van der Waals surface area contributed by atoms with E-state index in [1.54, 1.807) is 41.5 Å². The smallest absolute Gasteiger partial charge is 0.412 e. The van der Waals surface area contributed by atoms with Crippen molar-refractivity contribution in [1.82, 2.24) is 15.3 Å². The number of thiazole rings is 1. The number of nitrogens with one attached hydrogen (secondary N) is 3. The zero-order valence-electron chi connectivity index (χ0n) is 27.1. The van der Waals surface area contributed by atoms with Crippen LogP contribution in [0, 0.1) is 11.6 Å². The first-order chi connectivity index (χ1) is 22.1. The van der Waals surface area contributed by atoms with E-state index in [2.05, 4.69) is 30.8 Å². The minimum Gasteiger partial charge on any atom is -0.477 e. The van der Waals surface area contributed by atoms with E-state index in [9.17, 15) is 23.2 Å². The van der Waals surface area contributed by atoms with Gasteiger partial charge in [0.15, 0.2) is 5.69 Å². The van der Waals surface area contributed by atoms with Crippen molar-refractivity contribution in [3.8, 4) is 16.5 Å². The minimum atomic E-state index is -0.876. The van der Waals surface area contributed by atoms with Gasteiger partial charge in [-0.05, 0) is 66.5 Å². The highest BCUT2D eigenvalue weighted by atomic mass is 32.1. The van der Waals surface area contributed by atoms with Crippen molar-refractivity contribution in [3.05, 3.63) is 47.3 Å². The van der Waals surface area contributed by atoms with Gasteiger partial charge in [-0.15, -0.1) is 0 Å². The number of hydrogen-bond donors (Lipinski definition) is 3. The summed E-state index contributed by atoms with van der Waals surface area (Å²) >= 11 is 0.734. The summed E-state index contributed by atoms with van der Waals surface area (Å²) in [5, 5.41) is 8.09. The molecule has 3 aromatic rings. The molecule has 0 aliphatic carbocycles. The third-order valence-corrected chi connectivity index (χ3v) is 8.03. The normalized spacial score (nSPS) is 16.2. The molecule has 2 aromatic heterocycles. The first-order valence-corrected chi connectivity index (χ1v) is 16.1. The molecule has 0 unspecified atom stereocenters. The molecule has 3 N–H and O–H groups in total. The lowest BCUT2D eigenvalue weighted by molar-refractivity contribution is 0.0499. The van der Waals surface area contributed by atoms with Gasteiger partial charge < -0.3 is 29.7 Å². The molecule has 0 radical (unpaired) electrons. The van der Waals surface area contributed by atoms with Gasteiger partial charge in [-0.2, -0.15) is 0 Å². The maximum atomic E-state index is 14.7. The highest BCUT2D eigenvalue weighted by Crippen LogP contribution is 2.41. The number of aromatic nitrogens is 2. The number of hydrogen-bond acceptors (Lipinski definition) is 10. The second-order valence-corrected chi connectivity index (χ2v) is 14.2. The average molecular weight is 673 g/mol. The van der Waals surface area contributed by atoms with Crippen molar-refractivity contribution in [2.24, 2.45) is 0 Å². The molecule has 0 spiro atoms. The van der Waals surface area contributed by atoms with Crippen LogP contribution in [-0.2, 0) is 15.9 Å². The van der Waals surface area contributed by atoms with E-state index in [0.717, 1.165) is 41.9 Å². The molecule has 2 aliphatic heterocycles. The van der Waals surface area contributed by atoms with Crippen molar-refractivity contribution in [3.63, 3.8) is 0 Å². The zero-order chi connectivity index (χ0) is 34.1. The van der Waals surface area contributed by atoms with Crippen LogP contribution in [0.25, 0.3) is 10.6 Å². The van der Waals surface area contributed by atoms with E-state index in [4.69, 9.17) is 14.2 Å². The maximum Gasteiger partial charge on any atom is 0.412 e. The molecular formula is C32H38F2N6O6S. The van der Waals surface area contributed by atoms with Crippen LogP contribution in [0.15, 0.2) is 24.4 Å². The van der Waals surface area contributed by atoms with Gasteiger partial charge in [0.2, 0.25) is 5.88 Å². The Bertz CT molecular complexity index is 1670. The number of carbonyl (C=O) groups is 3. The molecule has 3 amide bonds. The molecule has 2 aliphatic rings. The molecule has 4 heterocycles. The number of anilines is 3. The van der Waals surface area contributed by atoms with Crippen molar-refractivity contribution in [2.75, 3.05) is 35.2 Å². The largest absolute Gasteiger partial charge is 0.477 e. The number of halogens is 2. The Morgan fingerprint density at radius 3 is 2.38 bits per heavy atom. The number of alkyl carbamates (subject to hydrolysis) is 1. The Hall–Kier alpha value is -4.53. The fraction of sp³-hybridized carbons (Fsp3) is 0.469. The molecule has 0 bridgehead atoms. The van der Waals surface area contributed by atoms with Gasteiger partial charge in [0, 0.05) is 31.1 Å². The highest BCUT2D eigenvalue weighted by molar-refractivity contribution is 7.19. The lowest BCUT2D eigenvalue weighted by Crippen LogP contribution is -2.49. The summed E-state index contributed by atoms with van der Waals surface area (Å²) in [7, 11) is 0. The number of piperidine rings is 1. The Morgan fingerprint density at radius 2 is 1.70 bits per heavy atom. The summed E-state index contributed by atoms with van der Waals surface area (Å²) in [6.07, 6.45) is 2.10. The van der Waals surface area contributed by atoms with Gasteiger partial charge in [0.1, 0.15) is 32.8 Å². The zero-order valence-corrected chi connectivity index (χ0v) is 27.9. The SMILES string of the molecule is CC(C)(C)OC(=O)Nc1sc(-c2c(F)cccc2F)nc1C(=O)Nc1cnc2c(c1N1CCC[C@H](NC(=O)OC(C)(C)C)C1)CCO2. The van der Waals surface area contributed by atoms with Crippen LogP contribution in [0.1, 0.15) is 70.4 Å². The van der Waals surface area contributed by atoms with Crippen LogP contribution in [0.2, 0.25) is 0 Å². The van der Waals surface area contributed by atoms with Crippen LogP contribution >= 0.6 is 11.3 Å². The first kappa shape index (κ1) is 33.8. The second-order valence-electron chi connectivity index (χ2n) is 13.2. The first-order valence-electron chi connectivity index (χ1n) is 15.2. The lowest BCUT2D eigenvalue weighted by atomic mass is 10.0. The minimum absolute atomic E-state index is 0.0620. The molecule has 1 fully saturated rings. The summed E-state index contributed by atoms with van der Waals surface area (Å²) in [5.74, 6) is -2.06. The predicted molar refractivity (Wildman–Crippen MR) is 173 cm³/mol. The lowest BCUT2D eigenvalue weighted by Gasteiger charge is -2.36. The molecule has 47 heavy (non-hydrogen) atoms. The van der Waals surface area contributed by atoms with Crippen LogP contribution in [0.4, 0.5) is 34.7 Å². The maximum absolute atomic E-state index is 14.7. The van der Waals surface area contributed by atoms with Crippen molar-refractivity contribution >= 4 is 45.8 Å². The predicted octanol–water partition coefficient (Wildman–Crippen LogP) is 6.51. The van der Waals surface area contributed by atoms with Crippen LogP contribution < -0.4 is 25.6 Å².